The summed E-state index contributed by atoms with van der Waals surface area (Å²) >= 11 is 0. The number of anilines is 1. The van der Waals surface area contributed by atoms with Gasteiger partial charge in [-0.3, -0.25) is 14.9 Å². The standard InChI is InChI=1S/C16H16N2O6/c1-22-14-8-7-11(9-15(14)23-2)17-16(19)10-24-13-6-4-3-5-12(13)18(20)21/h3-9H,10H2,1-2H3,(H,17,19). The van der Waals surface area contributed by atoms with Crippen molar-refractivity contribution in [2.45, 2.75) is 0 Å². The third-order valence-corrected chi connectivity index (χ3v) is 3.09. The van der Waals surface area contributed by atoms with E-state index in [2.05, 4.69) is 5.32 Å². The van der Waals surface area contributed by atoms with Crippen molar-refractivity contribution in [2.24, 2.45) is 0 Å². The van der Waals surface area contributed by atoms with Crippen molar-refractivity contribution in [3.63, 3.8) is 0 Å². The van der Waals surface area contributed by atoms with E-state index in [0.29, 0.717) is 17.2 Å². The molecule has 2 rings (SSSR count). The molecule has 0 aliphatic heterocycles. The summed E-state index contributed by atoms with van der Waals surface area (Å²) < 4.78 is 15.5. The van der Waals surface area contributed by atoms with E-state index in [0.717, 1.165) is 0 Å². The van der Waals surface area contributed by atoms with Crippen LogP contribution in [0, 0.1) is 10.1 Å². The summed E-state index contributed by atoms with van der Waals surface area (Å²) in [6, 6.07) is 10.7. The lowest BCUT2D eigenvalue weighted by molar-refractivity contribution is -0.385. The number of hydrogen-bond donors (Lipinski definition) is 1. The van der Waals surface area contributed by atoms with Crippen LogP contribution in [0.4, 0.5) is 11.4 Å². The molecule has 2 aromatic rings. The Balaban J connectivity index is 2.00. The maximum Gasteiger partial charge on any atom is 0.310 e. The van der Waals surface area contributed by atoms with Crippen molar-refractivity contribution >= 4 is 17.3 Å². The van der Waals surface area contributed by atoms with Crippen LogP contribution in [-0.4, -0.2) is 31.7 Å². The number of nitrogens with zero attached hydrogens (tertiary/aromatic N) is 1. The van der Waals surface area contributed by atoms with Crippen LogP contribution in [0.25, 0.3) is 0 Å². The number of para-hydroxylation sites is 2. The fourth-order valence-electron chi connectivity index (χ4n) is 1.98. The predicted molar refractivity (Wildman–Crippen MR) is 86.8 cm³/mol. The molecule has 126 valence electrons. The minimum atomic E-state index is -0.568. The molecule has 0 bridgehead atoms. The van der Waals surface area contributed by atoms with E-state index in [1.54, 1.807) is 24.3 Å². The minimum absolute atomic E-state index is 0.0324. The number of nitro benzene ring substituents is 1. The summed E-state index contributed by atoms with van der Waals surface area (Å²) in [5.41, 5.74) is 0.292. The van der Waals surface area contributed by atoms with Crippen LogP contribution in [0.15, 0.2) is 42.5 Å². The molecule has 8 nitrogen and oxygen atoms in total. The Labute approximate surface area is 138 Å². The summed E-state index contributed by atoms with van der Waals surface area (Å²) in [5.74, 6) is 0.576. The second kappa shape index (κ2) is 7.82. The van der Waals surface area contributed by atoms with Gasteiger partial charge in [-0.1, -0.05) is 12.1 Å². The maximum absolute atomic E-state index is 11.9. The maximum atomic E-state index is 11.9. The molecule has 0 radical (unpaired) electrons. The number of rotatable bonds is 7. The van der Waals surface area contributed by atoms with E-state index >= 15 is 0 Å². The van der Waals surface area contributed by atoms with Gasteiger partial charge in [-0.25, -0.2) is 0 Å². The van der Waals surface area contributed by atoms with E-state index in [9.17, 15) is 14.9 Å². The molecule has 0 fully saturated rings. The first-order valence-corrected chi connectivity index (χ1v) is 6.93. The predicted octanol–water partition coefficient (Wildman–Crippen LogP) is 2.63. The lowest BCUT2D eigenvalue weighted by Crippen LogP contribution is -2.20. The van der Waals surface area contributed by atoms with Gasteiger partial charge < -0.3 is 19.5 Å². The third-order valence-electron chi connectivity index (χ3n) is 3.09. The number of carbonyl (C=O) groups excluding carboxylic acids is 1. The van der Waals surface area contributed by atoms with Gasteiger partial charge in [0, 0.05) is 17.8 Å². The molecule has 0 aliphatic carbocycles. The number of nitrogens with one attached hydrogen (secondary N) is 1. The average molecular weight is 332 g/mol. The van der Waals surface area contributed by atoms with Crippen molar-refractivity contribution in [1.82, 2.24) is 0 Å². The van der Waals surface area contributed by atoms with Crippen molar-refractivity contribution in [3.05, 3.63) is 52.6 Å². The first kappa shape index (κ1) is 17.1. The van der Waals surface area contributed by atoms with Crippen LogP contribution in [0.3, 0.4) is 0 Å². The Morgan fingerprint density at radius 3 is 2.46 bits per heavy atom. The lowest BCUT2D eigenvalue weighted by Gasteiger charge is -2.11. The molecule has 1 amide bonds. The molecule has 24 heavy (non-hydrogen) atoms. The fraction of sp³-hybridized carbons (Fsp3) is 0.188. The molecule has 8 heteroatoms. The van der Waals surface area contributed by atoms with Gasteiger partial charge in [0.15, 0.2) is 23.9 Å². The molecule has 0 aliphatic rings. The zero-order valence-electron chi connectivity index (χ0n) is 13.1. The fourth-order valence-corrected chi connectivity index (χ4v) is 1.98. The van der Waals surface area contributed by atoms with Crippen LogP contribution in [0.1, 0.15) is 0 Å². The van der Waals surface area contributed by atoms with Crippen LogP contribution in [0.2, 0.25) is 0 Å². The number of ether oxygens (including phenoxy) is 3. The number of benzene rings is 2. The molecule has 2 aromatic carbocycles. The minimum Gasteiger partial charge on any atom is -0.493 e. The largest absolute Gasteiger partial charge is 0.493 e. The van der Waals surface area contributed by atoms with Gasteiger partial charge in [0.1, 0.15) is 0 Å². The number of nitro groups is 1. The summed E-state index contributed by atoms with van der Waals surface area (Å²) in [4.78, 5) is 22.3. The summed E-state index contributed by atoms with van der Waals surface area (Å²) in [6.07, 6.45) is 0. The highest BCUT2D eigenvalue weighted by Gasteiger charge is 2.15. The van der Waals surface area contributed by atoms with Crippen LogP contribution < -0.4 is 19.5 Å². The Morgan fingerprint density at radius 2 is 1.79 bits per heavy atom. The highest BCUT2D eigenvalue weighted by Crippen LogP contribution is 2.30. The molecule has 0 aromatic heterocycles. The zero-order chi connectivity index (χ0) is 17.5. The van der Waals surface area contributed by atoms with Gasteiger partial charge in [0.05, 0.1) is 19.1 Å². The molecular formula is C16H16N2O6. The van der Waals surface area contributed by atoms with Crippen molar-refractivity contribution in [3.8, 4) is 17.2 Å². The molecule has 0 saturated heterocycles. The Morgan fingerprint density at radius 1 is 1.08 bits per heavy atom. The van der Waals surface area contributed by atoms with Gasteiger partial charge in [-0.2, -0.15) is 0 Å². The highest BCUT2D eigenvalue weighted by molar-refractivity contribution is 5.92. The normalized spacial score (nSPS) is 9.92. The first-order valence-electron chi connectivity index (χ1n) is 6.93. The van der Waals surface area contributed by atoms with Gasteiger partial charge >= 0.3 is 5.69 Å². The van der Waals surface area contributed by atoms with Crippen LogP contribution in [0.5, 0.6) is 17.2 Å². The Hall–Kier alpha value is -3.29. The SMILES string of the molecule is COc1ccc(NC(=O)COc2ccccc2[N+](=O)[O-])cc1OC. The van der Waals surface area contributed by atoms with Crippen molar-refractivity contribution < 1.29 is 23.9 Å². The highest BCUT2D eigenvalue weighted by atomic mass is 16.6. The van der Waals surface area contributed by atoms with Crippen molar-refractivity contribution in [2.75, 3.05) is 26.1 Å². The number of amides is 1. The molecule has 0 heterocycles. The van der Waals surface area contributed by atoms with Crippen LogP contribution >= 0.6 is 0 Å². The molecule has 0 saturated carbocycles. The molecule has 1 N–H and O–H groups in total. The lowest BCUT2D eigenvalue weighted by atomic mass is 10.2. The number of methoxy groups -OCH3 is 2. The van der Waals surface area contributed by atoms with E-state index in [-0.39, 0.29) is 18.0 Å². The first-order chi connectivity index (χ1) is 11.5. The summed E-state index contributed by atoms with van der Waals surface area (Å²) in [5, 5.41) is 13.5. The molecular weight excluding hydrogens is 316 g/mol. The van der Waals surface area contributed by atoms with Gasteiger partial charge in [-0.05, 0) is 18.2 Å². The second-order valence-electron chi connectivity index (χ2n) is 4.63. The summed E-state index contributed by atoms with van der Waals surface area (Å²) in [7, 11) is 3.00. The monoisotopic (exact) mass is 332 g/mol. The second-order valence-corrected chi connectivity index (χ2v) is 4.63. The number of carbonyl (C=O) groups is 1. The molecule has 0 unspecified atom stereocenters. The van der Waals surface area contributed by atoms with E-state index in [1.807, 2.05) is 0 Å². The van der Waals surface area contributed by atoms with Gasteiger partial charge in [-0.15, -0.1) is 0 Å². The van der Waals surface area contributed by atoms with E-state index in [1.165, 1.54) is 32.4 Å². The average Bonchev–Trinajstić information content (AvgIpc) is 2.60. The molecule has 0 atom stereocenters. The van der Waals surface area contributed by atoms with E-state index < -0.39 is 10.8 Å². The Bertz CT molecular complexity index is 747. The van der Waals surface area contributed by atoms with Gasteiger partial charge in [0.2, 0.25) is 0 Å². The number of hydrogen-bond acceptors (Lipinski definition) is 6. The van der Waals surface area contributed by atoms with Crippen LogP contribution in [-0.2, 0) is 4.79 Å². The molecule has 0 spiro atoms. The van der Waals surface area contributed by atoms with Gasteiger partial charge in [0.25, 0.3) is 5.91 Å². The zero-order valence-corrected chi connectivity index (χ0v) is 13.1. The quantitative estimate of drug-likeness (QED) is 0.618. The summed E-state index contributed by atoms with van der Waals surface area (Å²) in [6.45, 7) is -0.362. The van der Waals surface area contributed by atoms with Crippen molar-refractivity contribution in [1.29, 1.82) is 0 Å². The van der Waals surface area contributed by atoms with E-state index in [4.69, 9.17) is 14.2 Å². The third kappa shape index (κ3) is 4.13. The Kier molecular flexibility index (Phi) is 5.56. The smallest absolute Gasteiger partial charge is 0.310 e. The topological polar surface area (TPSA) is 99.9 Å².